The molecule has 2 aliphatic heterocycles. The molecule has 7 heteroatoms. The van der Waals surface area contributed by atoms with E-state index in [1.54, 1.807) is 17.7 Å². The van der Waals surface area contributed by atoms with Gasteiger partial charge >= 0.3 is 0 Å². The van der Waals surface area contributed by atoms with Crippen molar-refractivity contribution in [2.24, 2.45) is 0 Å². The van der Waals surface area contributed by atoms with Crippen LogP contribution in [0.2, 0.25) is 0 Å². The number of anilines is 1. The number of piperazine rings is 1. The van der Waals surface area contributed by atoms with Crippen molar-refractivity contribution >= 4 is 33.3 Å². The van der Waals surface area contributed by atoms with Crippen molar-refractivity contribution in [3.05, 3.63) is 17.3 Å². The largest absolute Gasteiger partial charge is 0.344 e. The Bertz CT molecular complexity index is 724. The van der Waals surface area contributed by atoms with Crippen LogP contribution in [-0.2, 0) is 4.79 Å². The highest BCUT2D eigenvalue weighted by molar-refractivity contribution is 7.18. The number of amides is 1. The smallest absolute Gasteiger partial charge is 0.245 e. The Kier molecular flexibility index (Phi) is 3.90. The number of thiophene rings is 1. The summed E-state index contributed by atoms with van der Waals surface area (Å²) in [6.45, 7) is 6.37. The average Bonchev–Trinajstić information content (AvgIpc) is 3.20. The van der Waals surface area contributed by atoms with Crippen LogP contribution in [0.1, 0.15) is 17.7 Å². The summed E-state index contributed by atoms with van der Waals surface area (Å²) < 4.78 is 0. The van der Waals surface area contributed by atoms with Crippen molar-refractivity contribution in [2.45, 2.75) is 25.8 Å². The molecule has 23 heavy (non-hydrogen) atoms. The van der Waals surface area contributed by atoms with Crippen LogP contribution in [0.3, 0.4) is 0 Å². The van der Waals surface area contributed by atoms with Crippen molar-refractivity contribution in [2.75, 3.05) is 37.6 Å². The van der Waals surface area contributed by atoms with Gasteiger partial charge in [0.2, 0.25) is 5.91 Å². The number of aromatic nitrogens is 2. The summed E-state index contributed by atoms with van der Waals surface area (Å²) in [4.78, 5) is 28.3. The van der Waals surface area contributed by atoms with Crippen LogP contribution >= 0.6 is 11.3 Å². The van der Waals surface area contributed by atoms with E-state index in [9.17, 15) is 4.79 Å². The van der Waals surface area contributed by atoms with Gasteiger partial charge < -0.3 is 15.1 Å². The Morgan fingerprint density at radius 1 is 1.30 bits per heavy atom. The van der Waals surface area contributed by atoms with Crippen molar-refractivity contribution in [3.8, 4) is 0 Å². The topological polar surface area (TPSA) is 61.4 Å². The Morgan fingerprint density at radius 3 is 2.96 bits per heavy atom. The molecule has 0 saturated carbocycles. The predicted molar refractivity (Wildman–Crippen MR) is 92.0 cm³/mol. The van der Waals surface area contributed by atoms with Gasteiger partial charge in [0.1, 0.15) is 23.0 Å². The highest BCUT2D eigenvalue weighted by Crippen LogP contribution is 2.33. The zero-order chi connectivity index (χ0) is 15.8. The van der Waals surface area contributed by atoms with Crippen LogP contribution in [0.5, 0.6) is 0 Å². The van der Waals surface area contributed by atoms with Gasteiger partial charge in [-0.3, -0.25) is 4.79 Å². The molecule has 2 aliphatic rings. The maximum atomic E-state index is 12.9. The maximum Gasteiger partial charge on any atom is 0.245 e. The summed E-state index contributed by atoms with van der Waals surface area (Å²) in [5, 5.41) is 4.38. The molecule has 1 unspecified atom stereocenters. The van der Waals surface area contributed by atoms with Crippen LogP contribution < -0.4 is 10.2 Å². The standard InChI is InChI=1S/C16H21N5OS/c1-11-9-12-14(18-10-19-15(12)23-11)21-6-2-3-13(21)16(22)20-7-4-17-5-8-20/h9-10,13,17H,2-8H2,1H3. The van der Waals surface area contributed by atoms with Crippen molar-refractivity contribution in [1.29, 1.82) is 0 Å². The second kappa shape index (κ2) is 6.05. The monoisotopic (exact) mass is 331 g/mol. The number of aryl methyl sites for hydroxylation is 1. The van der Waals surface area contributed by atoms with E-state index in [4.69, 9.17) is 0 Å². The van der Waals surface area contributed by atoms with Gasteiger partial charge in [-0.15, -0.1) is 11.3 Å². The Morgan fingerprint density at radius 2 is 2.13 bits per heavy atom. The molecule has 1 N–H and O–H groups in total. The zero-order valence-electron chi connectivity index (χ0n) is 13.3. The lowest BCUT2D eigenvalue weighted by molar-refractivity contribution is -0.133. The van der Waals surface area contributed by atoms with Gasteiger partial charge in [0, 0.05) is 37.6 Å². The van der Waals surface area contributed by atoms with E-state index in [0.717, 1.165) is 61.6 Å². The normalized spacial score (nSPS) is 22.0. The van der Waals surface area contributed by atoms with Crippen LogP contribution in [0, 0.1) is 6.92 Å². The van der Waals surface area contributed by atoms with Crippen molar-refractivity contribution < 1.29 is 4.79 Å². The average molecular weight is 331 g/mol. The van der Waals surface area contributed by atoms with Gasteiger partial charge in [0.25, 0.3) is 0 Å². The summed E-state index contributed by atoms with van der Waals surface area (Å²) in [6, 6.07) is 2.06. The lowest BCUT2D eigenvalue weighted by Gasteiger charge is -2.33. The first-order valence-electron chi connectivity index (χ1n) is 8.21. The van der Waals surface area contributed by atoms with E-state index in [1.165, 1.54) is 4.88 Å². The van der Waals surface area contributed by atoms with Crippen LogP contribution in [-0.4, -0.2) is 59.5 Å². The Balaban J connectivity index is 1.65. The second-order valence-electron chi connectivity index (χ2n) is 6.20. The number of carbonyl (C=O) groups excluding carboxylic acids is 1. The van der Waals surface area contributed by atoms with Crippen molar-refractivity contribution in [1.82, 2.24) is 20.2 Å². The number of hydrogen-bond acceptors (Lipinski definition) is 6. The molecule has 0 aromatic carbocycles. The maximum absolute atomic E-state index is 12.9. The van der Waals surface area contributed by atoms with Crippen molar-refractivity contribution in [3.63, 3.8) is 0 Å². The van der Waals surface area contributed by atoms with Gasteiger partial charge in [-0.05, 0) is 25.8 Å². The van der Waals surface area contributed by atoms with E-state index in [1.807, 2.05) is 4.90 Å². The fourth-order valence-electron chi connectivity index (χ4n) is 3.57. The fourth-order valence-corrected chi connectivity index (χ4v) is 4.41. The van der Waals surface area contributed by atoms with Gasteiger partial charge in [-0.25, -0.2) is 9.97 Å². The number of fused-ring (bicyclic) bond motifs is 1. The first kappa shape index (κ1) is 14.8. The summed E-state index contributed by atoms with van der Waals surface area (Å²) in [5.41, 5.74) is 0. The quantitative estimate of drug-likeness (QED) is 0.901. The third-order valence-corrected chi connectivity index (χ3v) is 5.63. The molecule has 0 aliphatic carbocycles. The third kappa shape index (κ3) is 2.68. The summed E-state index contributed by atoms with van der Waals surface area (Å²) >= 11 is 1.68. The van der Waals surface area contributed by atoms with E-state index in [0.29, 0.717) is 0 Å². The molecule has 2 saturated heterocycles. The summed E-state index contributed by atoms with van der Waals surface area (Å²) in [6.07, 6.45) is 3.58. The molecule has 2 fully saturated rings. The molecule has 122 valence electrons. The number of hydrogen-bond donors (Lipinski definition) is 1. The molecule has 2 aromatic heterocycles. The zero-order valence-corrected chi connectivity index (χ0v) is 14.1. The summed E-state index contributed by atoms with van der Waals surface area (Å²) in [7, 11) is 0. The highest BCUT2D eigenvalue weighted by atomic mass is 32.1. The van der Waals surface area contributed by atoms with E-state index in [-0.39, 0.29) is 11.9 Å². The van der Waals surface area contributed by atoms with Gasteiger partial charge in [-0.1, -0.05) is 0 Å². The number of carbonyl (C=O) groups is 1. The first-order chi connectivity index (χ1) is 11.2. The molecular weight excluding hydrogens is 310 g/mol. The minimum atomic E-state index is -0.0774. The minimum Gasteiger partial charge on any atom is -0.344 e. The lowest BCUT2D eigenvalue weighted by atomic mass is 10.1. The molecule has 6 nitrogen and oxygen atoms in total. The van der Waals surface area contributed by atoms with E-state index >= 15 is 0 Å². The van der Waals surface area contributed by atoms with Crippen LogP contribution in [0.4, 0.5) is 5.82 Å². The molecule has 1 amide bonds. The highest BCUT2D eigenvalue weighted by Gasteiger charge is 2.35. The molecule has 0 radical (unpaired) electrons. The molecule has 0 bridgehead atoms. The summed E-state index contributed by atoms with van der Waals surface area (Å²) in [5.74, 6) is 1.17. The van der Waals surface area contributed by atoms with E-state index in [2.05, 4.69) is 33.2 Å². The number of rotatable bonds is 2. The van der Waals surface area contributed by atoms with Gasteiger partial charge in [0.05, 0.1) is 5.39 Å². The fraction of sp³-hybridized carbons (Fsp3) is 0.562. The molecule has 1 atom stereocenters. The molecule has 0 spiro atoms. The minimum absolute atomic E-state index is 0.0774. The Hall–Kier alpha value is -1.73. The van der Waals surface area contributed by atoms with Crippen LogP contribution in [0.15, 0.2) is 12.4 Å². The number of nitrogens with one attached hydrogen (secondary N) is 1. The molecular formula is C16H21N5OS. The predicted octanol–water partition coefficient (Wildman–Crippen LogP) is 1.40. The van der Waals surface area contributed by atoms with Gasteiger partial charge in [0.15, 0.2) is 0 Å². The SMILES string of the molecule is Cc1cc2c(N3CCCC3C(=O)N3CCNCC3)ncnc2s1. The third-order valence-electron chi connectivity index (χ3n) is 4.67. The van der Waals surface area contributed by atoms with Gasteiger partial charge in [-0.2, -0.15) is 0 Å². The number of nitrogens with zero attached hydrogens (tertiary/aromatic N) is 4. The molecule has 4 rings (SSSR count). The second-order valence-corrected chi connectivity index (χ2v) is 7.43. The van der Waals surface area contributed by atoms with E-state index < -0.39 is 0 Å². The van der Waals surface area contributed by atoms with Crippen LogP contribution in [0.25, 0.3) is 10.2 Å². The molecule has 2 aromatic rings. The Labute approximate surface area is 139 Å². The first-order valence-corrected chi connectivity index (χ1v) is 9.03. The lowest BCUT2D eigenvalue weighted by Crippen LogP contribution is -2.52. The molecule has 4 heterocycles.